The highest BCUT2D eigenvalue weighted by Crippen LogP contribution is 1.97. The molecule has 49 valence electrons. The van der Waals surface area contributed by atoms with Crippen molar-refractivity contribution in [1.29, 1.82) is 0 Å². The number of unbranched alkanes of at least 4 members (excludes halogenated alkanes) is 1. The molecule has 0 spiro atoms. The van der Waals surface area contributed by atoms with Crippen LogP contribution in [0.25, 0.3) is 0 Å². The molecule has 0 aliphatic heterocycles. The maximum Gasteiger partial charge on any atom is 0.226 e. The lowest BCUT2D eigenvalue weighted by atomic mass is 10.2. The first-order valence-electron chi connectivity index (χ1n) is 2.98. The number of nitrogens with zero attached hydrogens (tertiary/aromatic N) is 2. The van der Waals surface area contributed by atoms with Gasteiger partial charge in [-0.05, 0) is 6.42 Å². The van der Waals surface area contributed by atoms with E-state index in [1.54, 1.807) is 0 Å². The fourth-order valence-electron chi connectivity index (χ4n) is 0.582. The second kappa shape index (κ2) is 3.22. The van der Waals surface area contributed by atoms with Gasteiger partial charge in [0.05, 0.1) is 0 Å². The first kappa shape index (κ1) is 6.26. The number of aromatic nitrogens is 2. The minimum absolute atomic E-state index is 0.707. The fraction of sp³-hybridized carbons (Fsp3) is 0.500. The minimum Gasteiger partial charge on any atom is -0.340 e. The maximum absolute atomic E-state index is 4.75. The van der Waals surface area contributed by atoms with Crippen molar-refractivity contribution < 1.29 is 4.52 Å². The van der Waals surface area contributed by atoms with Crippen LogP contribution in [0.1, 0.15) is 18.7 Å². The number of hydrogen-bond acceptors (Lipinski definition) is 3. The molecule has 3 heteroatoms. The summed E-state index contributed by atoms with van der Waals surface area (Å²) in [6, 6.07) is 0. The van der Waals surface area contributed by atoms with Crippen molar-refractivity contribution in [3.05, 3.63) is 19.1 Å². The molecule has 1 aromatic rings. The van der Waals surface area contributed by atoms with Gasteiger partial charge in [-0.2, -0.15) is 4.98 Å². The molecule has 0 amide bonds. The Balaban J connectivity index is 2.30. The number of aryl methyl sites for hydroxylation is 1. The summed E-state index contributed by atoms with van der Waals surface area (Å²) >= 11 is 0. The third-order valence-electron chi connectivity index (χ3n) is 1.05. The van der Waals surface area contributed by atoms with Crippen molar-refractivity contribution in [3.63, 3.8) is 0 Å². The van der Waals surface area contributed by atoms with Gasteiger partial charge >= 0.3 is 0 Å². The summed E-state index contributed by atoms with van der Waals surface area (Å²) in [5.74, 6) is 0.707. The SMILES string of the molecule is [CH2]CCCc1ncno1. The lowest BCUT2D eigenvalue weighted by molar-refractivity contribution is 0.375. The van der Waals surface area contributed by atoms with Gasteiger partial charge in [-0.25, -0.2) is 0 Å². The molecule has 0 aliphatic carbocycles. The van der Waals surface area contributed by atoms with E-state index in [9.17, 15) is 0 Å². The molecule has 1 aromatic heterocycles. The highest BCUT2D eigenvalue weighted by molar-refractivity contribution is 4.73. The van der Waals surface area contributed by atoms with Gasteiger partial charge in [-0.1, -0.05) is 18.5 Å². The van der Waals surface area contributed by atoms with Crippen molar-refractivity contribution >= 4 is 0 Å². The van der Waals surface area contributed by atoms with E-state index in [0.29, 0.717) is 5.89 Å². The highest BCUT2D eigenvalue weighted by Gasteiger charge is 1.94. The van der Waals surface area contributed by atoms with E-state index < -0.39 is 0 Å². The normalized spacial score (nSPS) is 9.89. The Kier molecular flexibility index (Phi) is 2.24. The van der Waals surface area contributed by atoms with Crippen LogP contribution in [0.15, 0.2) is 10.9 Å². The van der Waals surface area contributed by atoms with Crippen LogP contribution in [0, 0.1) is 6.92 Å². The molecule has 3 nitrogen and oxygen atoms in total. The summed E-state index contributed by atoms with van der Waals surface area (Å²) in [6.07, 6.45) is 4.20. The topological polar surface area (TPSA) is 38.9 Å². The Morgan fingerprint density at radius 1 is 1.67 bits per heavy atom. The molecule has 0 bridgehead atoms. The molecule has 1 heterocycles. The van der Waals surface area contributed by atoms with Gasteiger partial charge in [0.2, 0.25) is 5.89 Å². The monoisotopic (exact) mass is 125 g/mol. The maximum atomic E-state index is 4.75. The summed E-state index contributed by atoms with van der Waals surface area (Å²) in [4.78, 5) is 3.85. The van der Waals surface area contributed by atoms with E-state index in [-0.39, 0.29) is 0 Å². The Bertz CT molecular complexity index is 148. The fourth-order valence-corrected chi connectivity index (χ4v) is 0.582. The Hall–Kier alpha value is -0.860. The largest absolute Gasteiger partial charge is 0.340 e. The van der Waals surface area contributed by atoms with Crippen molar-refractivity contribution in [2.75, 3.05) is 0 Å². The van der Waals surface area contributed by atoms with E-state index in [1.165, 1.54) is 6.33 Å². The Labute approximate surface area is 54.1 Å². The molecule has 0 aliphatic rings. The average Bonchev–Trinajstić information content (AvgIpc) is 2.34. The van der Waals surface area contributed by atoms with Gasteiger partial charge < -0.3 is 4.52 Å². The van der Waals surface area contributed by atoms with Gasteiger partial charge in [0.15, 0.2) is 6.33 Å². The van der Waals surface area contributed by atoms with Crippen LogP contribution in [0.4, 0.5) is 0 Å². The molecule has 0 saturated carbocycles. The molecule has 0 fully saturated rings. The van der Waals surface area contributed by atoms with Crippen molar-refractivity contribution in [2.24, 2.45) is 0 Å². The van der Waals surface area contributed by atoms with E-state index in [2.05, 4.69) is 17.1 Å². The van der Waals surface area contributed by atoms with Gasteiger partial charge in [0.25, 0.3) is 0 Å². The van der Waals surface area contributed by atoms with Crippen LogP contribution in [-0.4, -0.2) is 10.1 Å². The Morgan fingerprint density at radius 3 is 3.11 bits per heavy atom. The summed E-state index contributed by atoms with van der Waals surface area (Å²) in [7, 11) is 0. The van der Waals surface area contributed by atoms with E-state index >= 15 is 0 Å². The molecular formula is C6H9N2O. The van der Waals surface area contributed by atoms with E-state index in [0.717, 1.165) is 19.3 Å². The second-order valence-electron chi connectivity index (χ2n) is 1.79. The summed E-state index contributed by atoms with van der Waals surface area (Å²) in [5, 5.41) is 3.47. The third-order valence-corrected chi connectivity index (χ3v) is 1.05. The molecule has 9 heavy (non-hydrogen) atoms. The van der Waals surface area contributed by atoms with Gasteiger partial charge in [-0.3, -0.25) is 0 Å². The summed E-state index contributed by atoms with van der Waals surface area (Å²) < 4.78 is 4.75. The van der Waals surface area contributed by atoms with Crippen molar-refractivity contribution in [2.45, 2.75) is 19.3 Å². The van der Waals surface area contributed by atoms with E-state index in [1.807, 2.05) is 0 Å². The average molecular weight is 125 g/mol. The van der Waals surface area contributed by atoms with Crippen LogP contribution in [0.5, 0.6) is 0 Å². The van der Waals surface area contributed by atoms with Crippen molar-refractivity contribution in [1.82, 2.24) is 10.1 Å². The summed E-state index contributed by atoms with van der Waals surface area (Å²) in [6.45, 7) is 3.70. The zero-order valence-corrected chi connectivity index (χ0v) is 5.21. The third kappa shape index (κ3) is 1.83. The van der Waals surface area contributed by atoms with Gasteiger partial charge in [-0.15, -0.1) is 0 Å². The molecule has 0 unspecified atom stereocenters. The predicted molar refractivity (Wildman–Crippen MR) is 32.6 cm³/mol. The minimum atomic E-state index is 0.707. The van der Waals surface area contributed by atoms with Crippen molar-refractivity contribution in [3.8, 4) is 0 Å². The van der Waals surface area contributed by atoms with Crippen LogP contribution in [0.3, 0.4) is 0 Å². The first-order valence-corrected chi connectivity index (χ1v) is 2.98. The van der Waals surface area contributed by atoms with Crippen LogP contribution in [-0.2, 0) is 6.42 Å². The summed E-state index contributed by atoms with van der Waals surface area (Å²) in [5.41, 5.74) is 0. The van der Waals surface area contributed by atoms with Crippen LogP contribution < -0.4 is 0 Å². The van der Waals surface area contributed by atoms with Crippen LogP contribution >= 0.6 is 0 Å². The second-order valence-corrected chi connectivity index (χ2v) is 1.79. The van der Waals surface area contributed by atoms with Gasteiger partial charge in [0.1, 0.15) is 0 Å². The zero-order valence-electron chi connectivity index (χ0n) is 5.21. The first-order chi connectivity index (χ1) is 4.43. The highest BCUT2D eigenvalue weighted by atomic mass is 16.5. The lowest BCUT2D eigenvalue weighted by Crippen LogP contribution is -1.82. The van der Waals surface area contributed by atoms with Crippen LogP contribution in [0.2, 0.25) is 0 Å². The quantitative estimate of drug-likeness (QED) is 0.609. The smallest absolute Gasteiger partial charge is 0.226 e. The standard InChI is InChI=1S/C6H9N2O/c1-2-3-4-6-7-5-8-9-6/h5H,1-4H2. The molecule has 0 saturated heterocycles. The lowest BCUT2D eigenvalue weighted by Gasteiger charge is -1.86. The molecule has 0 aromatic carbocycles. The molecule has 1 rings (SSSR count). The van der Waals surface area contributed by atoms with E-state index in [4.69, 9.17) is 4.52 Å². The molecule has 0 N–H and O–H groups in total. The predicted octanol–water partition coefficient (Wildman–Crippen LogP) is 1.23. The molecule has 0 atom stereocenters. The Morgan fingerprint density at radius 2 is 2.56 bits per heavy atom. The molecule has 1 radical (unpaired) electrons. The van der Waals surface area contributed by atoms with Gasteiger partial charge in [0, 0.05) is 6.42 Å². The number of rotatable bonds is 3. The number of hydrogen-bond donors (Lipinski definition) is 0. The zero-order chi connectivity index (χ0) is 6.53. The molecular weight excluding hydrogens is 116 g/mol.